The molecule has 3 heteroatoms. The van der Waals surface area contributed by atoms with Gasteiger partial charge in [0.2, 0.25) is 0 Å². The second-order valence-electron chi connectivity index (χ2n) is 11.3. The Balaban J connectivity index is 1.39. The first kappa shape index (κ1) is 26.2. The van der Waals surface area contributed by atoms with E-state index in [9.17, 15) is 0 Å². The minimum Gasteiger partial charge on any atom is -0.307 e. The van der Waals surface area contributed by atoms with Crippen molar-refractivity contribution in [2.24, 2.45) is 0 Å². The number of thiophene rings is 2. The second-order valence-corrected chi connectivity index (χ2v) is 13.4. The maximum atomic E-state index is 2.52. The third-order valence-corrected chi connectivity index (χ3v) is 11.1. The third kappa shape index (κ3) is 4.35. The van der Waals surface area contributed by atoms with Crippen molar-refractivity contribution in [3.63, 3.8) is 0 Å². The Bertz CT molecular complexity index is 2470. The molecule has 0 aliphatic heterocycles. The zero-order valence-electron chi connectivity index (χ0n) is 24.4. The molecule has 212 valence electrons. The van der Waals surface area contributed by atoms with E-state index in [1.54, 1.807) is 0 Å². The summed E-state index contributed by atoms with van der Waals surface area (Å²) in [6.45, 7) is 0. The van der Waals surface area contributed by atoms with Crippen LogP contribution in [0.5, 0.6) is 0 Å². The first-order valence-corrected chi connectivity index (χ1v) is 16.8. The Labute approximate surface area is 269 Å². The standard InChI is InChI=1S/C42H27NS2/c1-3-12-28(13-4-1)29-22-24-31(25-23-29)43(37-19-11-18-35-33-16-7-9-20-38(33)44-41(35)37)40-32(30-14-5-2-6-15-30)26-27-36-34-17-8-10-21-39(34)45-42(36)40/h1-27H. The summed E-state index contributed by atoms with van der Waals surface area (Å²) in [7, 11) is 0. The molecule has 0 unspecified atom stereocenters. The van der Waals surface area contributed by atoms with Gasteiger partial charge in [0, 0.05) is 42.2 Å². The van der Waals surface area contributed by atoms with Gasteiger partial charge in [0.05, 0.1) is 20.8 Å². The van der Waals surface area contributed by atoms with E-state index >= 15 is 0 Å². The summed E-state index contributed by atoms with van der Waals surface area (Å²) in [6, 6.07) is 59.6. The van der Waals surface area contributed by atoms with Crippen LogP contribution in [0.4, 0.5) is 17.1 Å². The highest BCUT2D eigenvalue weighted by Crippen LogP contribution is 2.52. The van der Waals surface area contributed by atoms with Crippen molar-refractivity contribution in [1.29, 1.82) is 0 Å². The van der Waals surface area contributed by atoms with Crippen molar-refractivity contribution in [1.82, 2.24) is 0 Å². The Morgan fingerprint density at radius 1 is 0.356 bits per heavy atom. The number of nitrogens with zero attached hydrogens (tertiary/aromatic N) is 1. The lowest BCUT2D eigenvalue weighted by atomic mass is 9.98. The molecule has 0 radical (unpaired) electrons. The second kappa shape index (κ2) is 10.7. The SMILES string of the molecule is c1ccc(-c2ccc(N(c3cccc4c3sc3ccccc34)c3c(-c4ccccc4)ccc4c3sc3ccccc34)cc2)cc1. The Morgan fingerprint density at radius 2 is 0.889 bits per heavy atom. The van der Waals surface area contributed by atoms with E-state index in [-0.39, 0.29) is 0 Å². The zero-order valence-corrected chi connectivity index (χ0v) is 26.0. The van der Waals surface area contributed by atoms with Gasteiger partial charge in [-0.3, -0.25) is 0 Å². The molecule has 9 rings (SSSR count). The maximum Gasteiger partial charge on any atom is 0.0719 e. The number of fused-ring (bicyclic) bond motifs is 6. The number of benzene rings is 7. The molecule has 9 aromatic rings. The van der Waals surface area contributed by atoms with Crippen molar-refractivity contribution in [2.75, 3.05) is 4.90 Å². The molecule has 2 aromatic heterocycles. The van der Waals surface area contributed by atoms with Gasteiger partial charge in [-0.1, -0.05) is 133 Å². The van der Waals surface area contributed by atoms with Gasteiger partial charge in [0.15, 0.2) is 0 Å². The van der Waals surface area contributed by atoms with Gasteiger partial charge in [-0.05, 0) is 47.0 Å². The van der Waals surface area contributed by atoms with Crippen LogP contribution in [0.25, 0.3) is 62.6 Å². The number of rotatable bonds is 5. The Morgan fingerprint density at radius 3 is 1.58 bits per heavy atom. The van der Waals surface area contributed by atoms with Gasteiger partial charge < -0.3 is 4.90 Å². The number of hydrogen-bond donors (Lipinski definition) is 0. The summed E-state index contributed by atoms with van der Waals surface area (Å²) in [5, 5.41) is 5.20. The predicted molar refractivity (Wildman–Crippen MR) is 198 cm³/mol. The van der Waals surface area contributed by atoms with Crippen LogP contribution in [0, 0.1) is 0 Å². The normalized spacial score (nSPS) is 11.6. The molecule has 45 heavy (non-hydrogen) atoms. The highest BCUT2D eigenvalue weighted by Gasteiger charge is 2.25. The summed E-state index contributed by atoms with van der Waals surface area (Å²) >= 11 is 3.77. The molecular formula is C42H27NS2. The van der Waals surface area contributed by atoms with Crippen molar-refractivity contribution in [3.05, 3.63) is 164 Å². The molecule has 0 aliphatic carbocycles. The fourth-order valence-electron chi connectivity index (χ4n) is 6.58. The van der Waals surface area contributed by atoms with Crippen LogP contribution in [0.2, 0.25) is 0 Å². The lowest BCUT2D eigenvalue weighted by Gasteiger charge is -2.29. The van der Waals surface area contributed by atoms with E-state index in [1.807, 2.05) is 22.7 Å². The predicted octanol–water partition coefficient (Wildman–Crippen LogP) is 13.2. The zero-order chi connectivity index (χ0) is 29.7. The van der Waals surface area contributed by atoms with Gasteiger partial charge in [-0.25, -0.2) is 0 Å². The van der Waals surface area contributed by atoms with Crippen LogP contribution in [-0.4, -0.2) is 0 Å². The molecule has 0 bridgehead atoms. The van der Waals surface area contributed by atoms with Crippen LogP contribution < -0.4 is 4.90 Å². The fraction of sp³-hybridized carbons (Fsp3) is 0. The molecule has 0 saturated heterocycles. The summed E-state index contributed by atoms with van der Waals surface area (Å²) in [4.78, 5) is 2.52. The van der Waals surface area contributed by atoms with Gasteiger partial charge >= 0.3 is 0 Å². The average molecular weight is 610 g/mol. The highest BCUT2D eigenvalue weighted by atomic mass is 32.1. The van der Waals surface area contributed by atoms with E-state index in [1.165, 1.54) is 74.0 Å². The van der Waals surface area contributed by atoms with E-state index in [2.05, 4.69) is 169 Å². The quantitative estimate of drug-likeness (QED) is 0.188. The van der Waals surface area contributed by atoms with Crippen molar-refractivity contribution >= 4 is 80.1 Å². The molecule has 2 heterocycles. The van der Waals surface area contributed by atoms with E-state index in [0.717, 1.165) is 5.69 Å². The summed E-state index contributed by atoms with van der Waals surface area (Å²) < 4.78 is 5.20. The highest BCUT2D eigenvalue weighted by molar-refractivity contribution is 7.27. The lowest BCUT2D eigenvalue weighted by Crippen LogP contribution is -2.11. The monoisotopic (exact) mass is 609 g/mol. The summed E-state index contributed by atoms with van der Waals surface area (Å²) in [5.41, 5.74) is 8.42. The molecule has 0 saturated carbocycles. The largest absolute Gasteiger partial charge is 0.307 e. The molecule has 0 fully saturated rings. The molecular weight excluding hydrogens is 583 g/mol. The Kier molecular flexibility index (Phi) is 6.26. The first-order valence-electron chi connectivity index (χ1n) is 15.2. The van der Waals surface area contributed by atoms with E-state index in [0.29, 0.717) is 0 Å². The minimum absolute atomic E-state index is 1.14. The van der Waals surface area contributed by atoms with Crippen LogP contribution >= 0.6 is 22.7 Å². The number of anilines is 3. The van der Waals surface area contributed by atoms with Crippen LogP contribution in [-0.2, 0) is 0 Å². The molecule has 1 nitrogen and oxygen atoms in total. The Hall–Kier alpha value is -5.22. The van der Waals surface area contributed by atoms with Gasteiger partial charge in [0.1, 0.15) is 0 Å². The average Bonchev–Trinajstić information content (AvgIpc) is 3.69. The van der Waals surface area contributed by atoms with Crippen molar-refractivity contribution in [2.45, 2.75) is 0 Å². The van der Waals surface area contributed by atoms with Crippen molar-refractivity contribution in [3.8, 4) is 22.3 Å². The lowest BCUT2D eigenvalue weighted by molar-refractivity contribution is 1.32. The minimum atomic E-state index is 1.14. The molecule has 0 atom stereocenters. The molecule has 0 N–H and O–H groups in total. The maximum absolute atomic E-state index is 2.52. The van der Waals surface area contributed by atoms with Crippen molar-refractivity contribution < 1.29 is 0 Å². The van der Waals surface area contributed by atoms with E-state index in [4.69, 9.17) is 0 Å². The van der Waals surface area contributed by atoms with E-state index < -0.39 is 0 Å². The first-order chi connectivity index (χ1) is 22.3. The topological polar surface area (TPSA) is 3.24 Å². The fourth-order valence-corrected chi connectivity index (χ4v) is 9.02. The molecule has 0 aliphatic rings. The molecule has 0 amide bonds. The van der Waals surface area contributed by atoms with Gasteiger partial charge in [-0.15, -0.1) is 22.7 Å². The third-order valence-electron chi connectivity index (χ3n) is 8.69. The molecule has 0 spiro atoms. The van der Waals surface area contributed by atoms with Crippen LogP contribution in [0.1, 0.15) is 0 Å². The van der Waals surface area contributed by atoms with Crippen LogP contribution in [0.3, 0.4) is 0 Å². The smallest absolute Gasteiger partial charge is 0.0719 e. The van der Waals surface area contributed by atoms with Gasteiger partial charge in [-0.2, -0.15) is 0 Å². The number of hydrogen-bond acceptors (Lipinski definition) is 3. The van der Waals surface area contributed by atoms with Gasteiger partial charge in [0.25, 0.3) is 0 Å². The summed E-state index contributed by atoms with van der Waals surface area (Å²) in [6.07, 6.45) is 0. The molecule has 7 aromatic carbocycles. The summed E-state index contributed by atoms with van der Waals surface area (Å²) in [5.74, 6) is 0. The van der Waals surface area contributed by atoms with Crippen LogP contribution in [0.15, 0.2) is 164 Å².